The highest BCUT2D eigenvalue weighted by molar-refractivity contribution is 5.18. The van der Waals surface area contributed by atoms with E-state index in [-0.39, 0.29) is 6.10 Å². The van der Waals surface area contributed by atoms with E-state index in [4.69, 9.17) is 4.74 Å². The van der Waals surface area contributed by atoms with Crippen molar-refractivity contribution >= 4 is 0 Å². The van der Waals surface area contributed by atoms with E-state index in [2.05, 4.69) is 36.5 Å². The molecule has 19 heavy (non-hydrogen) atoms. The van der Waals surface area contributed by atoms with Crippen molar-refractivity contribution in [1.29, 1.82) is 0 Å². The van der Waals surface area contributed by atoms with Crippen molar-refractivity contribution in [3.63, 3.8) is 0 Å². The number of hydrogen-bond acceptors (Lipinski definition) is 3. The van der Waals surface area contributed by atoms with Gasteiger partial charge in [-0.1, -0.05) is 37.3 Å². The van der Waals surface area contributed by atoms with Gasteiger partial charge in [-0.15, -0.1) is 0 Å². The lowest BCUT2D eigenvalue weighted by Crippen LogP contribution is -2.46. The minimum Gasteiger partial charge on any atom is -0.386 e. The molecule has 0 amide bonds. The first kappa shape index (κ1) is 14.5. The third-order valence-corrected chi connectivity index (χ3v) is 4.21. The summed E-state index contributed by atoms with van der Waals surface area (Å²) >= 11 is 0. The summed E-state index contributed by atoms with van der Waals surface area (Å²) in [7, 11) is 0. The monoisotopic (exact) mass is 263 g/mol. The van der Waals surface area contributed by atoms with Crippen LogP contribution in [0.1, 0.15) is 38.2 Å². The van der Waals surface area contributed by atoms with Crippen molar-refractivity contribution in [1.82, 2.24) is 5.32 Å². The minimum absolute atomic E-state index is 0.0634. The Morgan fingerprint density at radius 2 is 2.16 bits per heavy atom. The number of aliphatic hydroxyl groups is 1. The fourth-order valence-electron chi connectivity index (χ4n) is 2.57. The highest BCUT2D eigenvalue weighted by Gasteiger charge is 2.38. The predicted molar refractivity (Wildman–Crippen MR) is 77.3 cm³/mol. The van der Waals surface area contributed by atoms with Gasteiger partial charge in [0.05, 0.1) is 6.10 Å². The molecular formula is C16H25NO2. The van der Waals surface area contributed by atoms with Gasteiger partial charge in [-0.3, -0.25) is 0 Å². The van der Waals surface area contributed by atoms with Crippen LogP contribution in [0.25, 0.3) is 0 Å². The molecule has 1 aliphatic heterocycles. The summed E-state index contributed by atoms with van der Waals surface area (Å²) in [5.74, 6) is 0.542. The number of hydrogen-bond donors (Lipinski definition) is 2. The average Bonchev–Trinajstić information content (AvgIpc) is 2.76. The van der Waals surface area contributed by atoms with Crippen LogP contribution in [0.3, 0.4) is 0 Å². The van der Waals surface area contributed by atoms with Gasteiger partial charge in [-0.25, -0.2) is 0 Å². The summed E-state index contributed by atoms with van der Waals surface area (Å²) in [5.41, 5.74) is 0.691. The largest absolute Gasteiger partial charge is 0.386 e. The summed E-state index contributed by atoms with van der Waals surface area (Å²) in [5, 5.41) is 13.7. The first-order valence-corrected chi connectivity index (χ1v) is 7.21. The molecule has 3 heteroatoms. The zero-order valence-electron chi connectivity index (χ0n) is 11.9. The van der Waals surface area contributed by atoms with Crippen LogP contribution in [0.2, 0.25) is 0 Å². The Labute approximate surface area is 116 Å². The summed E-state index contributed by atoms with van der Waals surface area (Å²) in [6.07, 6.45) is 1.75. The number of benzene rings is 1. The molecule has 0 bridgehead atoms. The van der Waals surface area contributed by atoms with E-state index < -0.39 is 5.60 Å². The summed E-state index contributed by atoms with van der Waals surface area (Å²) in [4.78, 5) is 0. The van der Waals surface area contributed by atoms with Crippen LogP contribution in [0.4, 0.5) is 0 Å². The summed E-state index contributed by atoms with van der Waals surface area (Å²) < 4.78 is 5.43. The van der Waals surface area contributed by atoms with Crippen molar-refractivity contribution in [3.05, 3.63) is 35.9 Å². The molecule has 106 valence electrons. The molecule has 1 heterocycles. The maximum Gasteiger partial charge on any atom is 0.105 e. The molecule has 2 N–H and O–H groups in total. The van der Waals surface area contributed by atoms with E-state index in [0.29, 0.717) is 19.1 Å². The number of nitrogens with one attached hydrogen (secondary N) is 1. The SMILES string of the molecule is CC(CCNCC1(O)CCOC1C)c1ccccc1. The topological polar surface area (TPSA) is 41.5 Å². The Hall–Kier alpha value is -0.900. The third-order valence-electron chi connectivity index (χ3n) is 4.21. The van der Waals surface area contributed by atoms with Gasteiger partial charge in [-0.05, 0) is 31.4 Å². The second-order valence-electron chi connectivity index (χ2n) is 5.64. The lowest BCUT2D eigenvalue weighted by atomic mass is 9.95. The number of ether oxygens (including phenoxy) is 1. The molecule has 3 atom stereocenters. The van der Waals surface area contributed by atoms with Crippen LogP contribution in [0.5, 0.6) is 0 Å². The first-order chi connectivity index (χ1) is 9.12. The molecule has 3 unspecified atom stereocenters. The number of rotatable bonds is 6. The Morgan fingerprint density at radius 1 is 1.42 bits per heavy atom. The second kappa shape index (κ2) is 6.51. The van der Waals surface area contributed by atoms with Crippen molar-refractivity contribution < 1.29 is 9.84 Å². The maximum atomic E-state index is 10.4. The minimum atomic E-state index is -0.685. The lowest BCUT2D eigenvalue weighted by molar-refractivity contribution is -0.0260. The Balaban J connectivity index is 1.70. The van der Waals surface area contributed by atoms with E-state index in [1.807, 2.05) is 13.0 Å². The van der Waals surface area contributed by atoms with Crippen molar-refractivity contribution in [2.45, 2.75) is 44.3 Å². The Kier molecular flexibility index (Phi) is 4.97. The van der Waals surface area contributed by atoms with Gasteiger partial charge in [0, 0.05) is 19.6 Å². The van der Waals surface area contributed by atoms with Crippen molar-refractivity contribution in [2.75, 3.05) is 19.7 Å². The quantitative estimate of drug-likeness (QED) is 0.774. The van der Waals surface area contributed by atoms with Gasteiger partial charge in [0.15, 0.2) is 0 Å². The van der Waals surface area contributed by atoms with Gasteiger partial charge < -0.3 is 15.2 Å². The molecule has 0 aromatic heterocycles. The molecule has 0 saturated carbocycles. The molecule has 3 nitrogen and oxygen atoms in total. The predicted octanol–water partition coefficient (Wildman–Crippen LogP) is 2.31. The molecule has 2 rings (SSSR count). The van der Waals surface area contributed by atoms with E-state index in [1.165, 1.54) is 5.56 Å². The molecular weight excluding hydrogens is 238 g/mol. The molecule has 1 aliphatic rings. The zero-order valence-corrected chi connectivity index (χ0v) is 11.9. The summed E-state index contributed by atoms with van der Waals surface area (Å²) in [6.45, 7) is 6.40. The van der Waals surface area contributed by atoms with Crippen molar-refractivity contribution in [2.24, 2.45) is 0 Å². The van der Waals surface area contributed by atoms with Crippen molar-refractivity contribution in [3.8, 4) is 0 Å². The molecule has 0 radical (unpaired) electrons. The smallest absolute Gasteiger partial charge is 0.105 e. The van der Waals surface area contributed by atoms with E-state index >= 15 is 0 Å². The fraction of sp³-hybridized carbons (Fsp3) is 0.625. The maximum absolute atomic E-state index is 10.4. The highest BCUT2D eigenvalue weighted by Crippen LogP contribution is 2.25. The van der Waals surface area contributed by atoms with Gasteiger partial charge in [0.25, 0.3) is 0 Å². The van der Waals surface area contributed by atoms with Crippen LogP contribution in [-0.4, -0.2) is 36.5 Å². The fourth-order valence-corrected chi connectivity index (χ4v) is 2.57. The second-order valence-corrected chi connectivity index (χ2v) is 5.64. The van der Waals surface area contributed by atoms with Crippen LogP contribution >= 0.6 is 0 Å². The highest BCUT2D eigenvalue weighted by atomic mass is 16.5. The molecule has 1 aromatic rings. The van der Waals surface area contributed by atoms with Gasteiger partial charge in [0.2, 0.25) is 0 Å². The van der Waals surface area contributed by atoms with Gasteiger partial charge in [-0.2, -0.15) is 0 Å². The first-order valence-electron chi connectivity index (χ1n) is 7.21. The van der Waals surface area contributed by atoms with Gasteiger partial charge >= 0.3 is 0 Å². The zero-order chi connectivity index (χ0) is 13.7. The molecule has 1 aromatic carbocycles. The van der Waals surface area contributed by atoms with E-state index in [1.54, 1.807) is 0 Å². The standard InChI is InChI=1S/C16H25NO2/c1-13(15-6-4-3-5-7-15)8-10-17-12-16(18)9-11-19-14(16)2/h3-7,13-14,17-18H,8-12H2,1-2H3. The summed E-state index contributed by atoms with van der Waals surface area (Å²) in [6, 6.07) is 10.6. The average molecular weight is 263 g/mol. The van der Waals surface area contributed by atoms with Crippen LogP contribution in [0, 0.1) is 0 Å². The molecule has 0 aliphatic carbocycles. The van der Waals surface area contributed by atoms with Crippen LogP contribution in [0.15, 0.2) is 30.3 Å². The van der Waals surface area contributed by atoms with E-state index in [0.717, 1.165) is 19.4 Å². The Morgan fingerprint density at radius 3 is 2.79 bits per heavy atom. The molecule has 1 saturated heterocycles. The lowest BCUT2D eigenvalue weighted by Gasteiger charge is -2.26. The normalized spacial score (nSPS) is 28.5. The van der Waals surface area contributed by atoms with Crippen LogP contribution in [-0.2, 0) is 4.74 Å². The van der Waals surface area contributed by atoms with Gasteiger partial charge in [0.1, 0.15) is 5.60 Å². The Bertz CT molecular complexity index is 382. The van der Waals surface area contributed by atoms with E-state index in [9.17, 15) is 5.11 Å². The molecule has 0 spiro atoms. The molecule has 1 fully saturated rings. The third kappa shape index (κ3) is 3.78. The van der Waals surface area contributed by atoms with Crippen LogP contribution < -0.4 is 5.32 Å².